The minimum atomic E-state index is 0.183. The van der Waals surface area contributed by atoms with Crippen LogP contribution < -0.4 is 0 Å². The van der Waals surface area contributed by atoms with Crippen LogP contribution in [0.3, 0.4) is 0 Å². The lowest BCUT2D eigenvalue weighted by atomic mass is 10.2. The van der Waals surface area contributed by atoms with Crippen molar-refractivity contribution in [1.29, 1.82) is 0 Å². The Hall–Kier alpha value is -2.13. The Labute approximate surface area is 110 Å². The molecule has 0 bridgehead atoms. The first kappa shape index (κ1) is 12.3. The Morgan fingerprint density at radius 2 is 1.56 bits per heavy atom. The average Bonchev–Trinajstić information content (AvgIpc) is 2.39. The highest BCUT2D eigenvalue weighted by molar-refractivity contribution is 6.30. The van der Waals surface area contributed by atoms with Crippen LogP contribution in [-0.2, 0) is 0 Å². The molecular formula is C14H11ClN2O. The molecule has 0 saturated heterocycles. The second kappa shape index (κ2) is 5.98. The quantitative estimate of drug-likeness (QED) is 0.665. The number of para-hydroxylation sites is 1. The fourth-order valence-corrected chi connectivity index (χ4v) is 1.47. The topological polar surface area (TPSA) is 45.0 Å². The molecule has 90 valence electrons. The van der Waals surface area contributed by atoms with Crippen LogP contribution >= 0.6 is 11.6 Å². The van der Waals surface area contributed by atoms with E-state index in [0.717, 1.165) is 5.56 Å². The number of halogens is 1. The number of benzene rings is 2. The van der Waals surface area contributed by atoms with E-state index in [1.54, 1.807) is 36.5 Å². The SMILES string of the molecule is Oc1ccccc1/C=N/N=Cc1ccc(Cl)cc1. The first-order chi connectivity index (χ1) is 8.75. The molecule has 0 amide bonds. The second-order valence-corrected chi connectivity index (χ2v) is 4.04. The van der Waals surface area contributed by atoms with E-state index >= 15 is 0 Å². The highest BCUT2D eigenvalue weighted by atomic mass is 35.5. The maximum Gasteiger partial charge on any atom is 0.124 e. The fraction of sp³-hybridized carbons (Fsp3) is 0. The third kappa shape index (κ3) is 3.43. The van der Waals surface area contributed by atoms with Crippen molar-refractivity contribution in [3.8, 4) is 5.75 Å². The molecule has 3 nitrogen and oxygen atoms in total. The van der Waals surface area contributed by atoms with Crippen molar-refractivity contribution in [2.24, 2.45) is 10.2 Å². The Balaban J connectivity index is 2.03. The second-order valence-electron chi connectivity index (χ2n) is 3.60. The van der Waals surface area contributed by atoms with Gasteiger partial charge in [0, 0.05) is 10.6 Å². The predicted molar refractivity (Wildman–Crippen MR) is 74.7 cm³/mol. The molecule has 0 atom stereocenters. The molecule has 1 N–H and O–H groups in total. The standard InChI is InChI=1S/C14H11ClN2O/c15-13-7-5-11(6-8-13)9-16-17-10-12-3-1-2-4-14(12)18/h1-10,18H/b16-9?,17-10+. The lowest BCUT2D eigenvalue weighted by Crippen LogP contribution is -1.81. The minimum Gasteiger partial charge on any atom is -0.507 e. The highest BCUT2D eigenvalue weighted by Crippen LogP contribution is 2.12. The van der Waals surface area contributed by atoms with Gasteiger partial charge in [0.2, 0.25) is 0 Å². The van der Waals surface area contributed by atoms with Gasteiger partial charge in [-0.05, 0) is 29.8 Å². The molecule has 0 heterocycles. The minimum absolute atomic E-state index is 0.183. The summed E-state index contributed by atoms with van der Waals surface area (Å²) in [6, 6.07) is 14.2. The van der Waals surface area contributed by atoms with Crippen LogP contribution in [0.1, 0.15) is 11.1 Å². The third-order valence-corrected chi connectivity index (χ3v) is 2.53. The summed E-state index contributed by atoms with van der Waals surface area (Å²) < 4.78 is 0. The van der Waals surface area contributed by atoms with Crippen LogP contribution in [0.4, 0.5) is 0 Å². The summed E-state index contributed by atoms with van der Waals surface area (Å²) in [4.78, 5) is 0. The zero-order chi connectivity index (χ0) is 12.8. The van der Waals surface area contributed by atoms with Crippen LogP contribution in [-0.4, -0.2) is 17.5 Å². The summed E-state index contributed by atoms with van der Waals surface area (Å²) in [6.45, 7) is 0. The van der Waals surface area contributed by atoms with Gasteiger partial charge in [-0.2, -0.15) is 10.2 Å². The summed E-state index contributed by atoms with van der Waals surface area (Å²) in [5.74, 6) is 0.183. The maximum atomic E-state index is 9.50. The molecule has 2 aromatic carbocycles. The van der Waals surface area contributed by atoms with Gasteiger partial charge < -0.3 is 5.11 Å². The molecule has 0 unspecified atom stereocenters. The third-order valence-electron chi connectivity index (χ3n) is 2.28. The first-order valence-electron chi connectivity index (χ1n) is 5.36. The van der Waals surface area contributed by atoms with E-state index in [4.69, 9.17) is 11.6 Å². The van der Waals surface area contributed by atoms with Gasteiger partial charge in [-0.1, -0.05) is 35.9 Å². The molecule has 0 aliphatic heterocycles. The molecular weight excluding hydrogens is 248 g/mol. The largest absolute Gasteiger partial charge is 0.507 e. The normalized spacial score (nSPS) is 11.4. The van der Waals surface area contributed by atoms with Gasteiger partial charge >= 0.3 is 0 Å². The Morgan fingerprint density at radius 3 is 2.28 bits per heavy atom. The van der Waals surface area contributed by atoms with E-state index in [-0.39, 0.29) is 5.75 Å². The Kier molecular flexibility index (Phi) is 4.10. The molecule has 0 radical (unpaired) electrons. The Bertz CT molecular complexity index is 577. The van der Waals surface area contributed by atoms with Crippen LogP contribution in [0.5, 0.6) is 5.75 Å². The van der Waals surface area contributed by atoms with Crippen molar-refractivity contribution in [3.05, 3.63) is 64.7 Å². The van der Waals surface area contributed by atoms with E-state index in [0.29, 0.717) is 10.6 Å². The maximum absolute atomic E-state index is 9.50. The number of hydrogen-bond acceptors (Lipinski definition) is 3. The molecule has 0 saturated carbocycles. The van der Waals surface area contributed by atoms with Crippen molar-refractivity contribution in [1.82, 2.24) is 0 Å². The predicted octanol–water partition coefficient (Wildman–Crippen LogP) is 3.50. The van der Waals surface area contributed by atoms with E-state index in [9.17, 15) is 5.11 Å². The summed E-state index contributed by atoms with van der Waals surface area (Å²) >= 11 is 5.77. The van der Waals surface area contributed by atoms with Gasteiger partial charge in [0.05, 0.1) is 12.4 Å². The number of nitrogens with zero attached hydrogens (tertiary/aromatic N) is 2. The molecule has 0 aromatic heterocycles. The molecule has 2 aromatic rings. The van der Waals surface area contributed by atoms with Crippen LogP contribution in [0.15, 0.2) is 58.7 Å². The first-order valence-corrected chi connectivity index (χ1v) is 5.73. The molecule has 0 aliphatic carbocycles. The summed E-state index contributed by atoms with van der Waals surface area (Å²) in [6.07, 6.45) is 3.12. The number of aromatic hydroxyl groups is 1. The van der Waals surface area contributed by atoms with Gasteiger partial charge in [-0.15, -0.1) is 0 Å². The molecule has 4 heteroatoms. The van der Waals surface area contributed by atoms with Crippen LogP contribution in [0.25, 0.3) is 0 Å². The number of hydrogen-bond donors (Lipinski definition) is 1. The average molecular weight is 259 g/mol. The lowest BCUT2D eigenvalue weighted by Gasteiger charge is -1.94. The molecule has 0 fully saturated rings. The van der Waals surface area contributed by atoms with E-state index < -0.39 is 0 Å². The number of phenolic OH excluding ortho intramolecular Hbond substituents is 1. The fourth-order valence-electron chi connectivity index (χ4n) is 1.34. The van der Waals surface area contributed by atoms with Gasteiger partial charge in [-0.3, -0.25) is 0 Å². The van der Waals surface area contributed by atoms with E-state index in [2.05, 4.69) is 10.2 Å². The number of rotatable bonds is 3. The lowest BCUT2D eigenvalue weighted by molar-refractivity contribution is 0.474. The summed E-state index contributed by atoms with van der Waals surface area (Å²) in [7, 11) is 0. The van der Waals surface area contributed by atoms with Crippen molar-refractivity contribution in [2.75, 3.05) is 0 Å². The number of phenols is 1. The smallest absolute Gasteiger partial charge is 0.124 e. The van der Waals surface area contributed by atoms with Gasteiger partial charge in [0.1, 0.15) is 5.75 Å². The van der Waals surface area contributed by atoms with Crippen LogP contribution in [0, 0.1) is 0 Å². The zero-order valence-electron chi connectivity index (χ0n) is 9.49. The zero-order valence-corrected chi connectivity index (χ0v) is 10.2. The van der Waals surface area contributed by atoms with Crippen molar-refractivity contribution < 1.29 is 5.11 Å². The molecule has 0 aliphatic rings. The van der Waals surface area contributed by atoms with Crippen molar-refractivity contribution >= 4 is 24.0 Å². The molecule has 18 heavy (non-hydrogen) atoms. The Morgan fingerprint density at radius 1 is 0.889 bits per heavy atom. The summed E-state index contributed by atoms with van der Waals surface area (Å²) in [5, 5.41) is 18.0. The molecule has 2 rings (SSSR count). The van der Waals surface area contributed by atoms with E-state index in [1.165, 1.54) is 6.21 Å². The van der Waals surface area contributed by atoms with Crippen molar-refractivity contribution in [2.45, 2.75) is 0 Å². The van der Waals surface area contributed by atoms with Gasteiger partial charge in [0.25, 0.3) is 0 Å². The van der Waals surface area contributed by atoms with Crippen molar-refractivity contribution in [3.63, 3.8) is 0 Å². The molecule has 0 spiro atoms. The van der Waals surface area contributed by atoms with Crippen LogP contribution in [0.2, 0.25) is 5.02 Å². The van der Waals surface area contributed by atoms with Gasteiger partial charge in [0.15, 0.2) is 0 Å². The van der Waals surface area contributed by atoms with Gasteiger partial charge in [-0.25, -0.2) is 0 Å². The summed E-state index contributed by atoms with van der Waals surface area (Å²) in [5.41, 5.74) is 1.54. The monoisotopic (exact) mass is 258 g/mol. The highest BCUT2D eigenvalue weighted by Gasteiger charge is 1.93. The van der Waals surface area contributed by atoms with E-state index in [1.807, 2.05) is 18.2 Å².